The van der Waals surface area contributed by atoms with Crippen molar-refractivity contribution in [1.29, 1.82) is 0 Å². The first-order valence-corrected chi connectivity index (χ1v) is 2.47. The highest BCUT2D eigenvalue weighted by atomic mass is 32.1. The van der Waals surface area contributed by atoms with Gasteiger partial charge in [0.05, 0.1) is 5.03 Å². The second kappa shape index (κ2) is 1.56. The SMILES string of the molecule is SC1=CCCN1. The summed E-state index contributed by atoms with van der Waals surface area (Å²) in [5.74, 6) is 0. The van der Waals surface area contributed by atoms with Crippen molar-refractivity contribution in [3.63, 3.8) is 0 Å². The molecule has 0 bridgehead atoms. The Balaban J connectivity index is 2.45. The van der Waals surface area contributed by atoms with Gasteiger partial charge in [-0.2, -0.15) is 0 Å². The van der Waals surface area contributed by atoms with Crippen LogP contribution in [0.3, 0.4) is 0 Å². The second-order valence-corrected chi connectivity index (χ2v) is 1.79. The molecule has 2 heteroatoms. The molecule has 0 aromatic rings. The Bertz CT molecular complexity index is 77.6. The third kappa shape index (κ3) is 0.684. The summed E-state index contributed by atoms with van der Waals surface area (Å²) in [6.07, 6.45) is 3.21. The van der Waals surface area contributed by atoms with E-state index < -0.39 is 0 Å². The zero-order valence-electron chi connectivity index (χ0n) is 3.44. The molecule has 1 N–H and O–H groups in total. The zero-order valence-corrected chi connectivity index (χ0v) is 4.33. The minimum absolute atomic E-state index is 1.02. The lowest BCUT2D eigenvalue weighted by Crippen LogP contribution is -2.01. The van der Waals surface area contributed by atoms with Crippen molar-refractivity contribution in [3.8, 4) is 0 Å². The molecule has 0 aromatic carbocycles. The van der Waals surface area contributed by atoms with E-state index in [0.717, 1.165) is 18.0 Å². The monoisotopic (exact) mass is 101 g/mol. The summed E-state index contributed by atoms with van der Waals surface area (Å²) in [4.78, 5) is 0. The topological polar surface area (TPSA) is 12.0 Å². The van der Waals surface area contributed by atoms with Crippen molar-refractivity contribution in [3.05, 3.63) is 11.1 Å². The predicted octanol–water partition coefficient (Wildman–Crippen LogP) is 0.751. The number of thiol groups is 1. The van der Waals surface area contributed by atoms with Crippen LogP contribution in [0.15, 0.2) is 11.1 Å². The van der Waals surface area contributed by atoms with Crippen LogP contribution in [-0.2, 0) is 0 Å². The van der Waals surface area contributed by atoms with Gasteiger partial charge in [-0.05, 0) is 6.42 Å². The quantitative estimate of drug-likeness (QED) is 0.429. The third-order valence-corrected chi connectivity index (χ3v) is 1.13. The second-order valence-electron chi connectivity index (χ2n) is 1.30. The van der Waals surface area contributed by atoms with Crippen LogP contribution in [0.1, 0.15) is 6.42 Å². The van der Waals surface area contributed by atoms with E-state index in [0.29, 0.717) is 0 Å². The van der Waals surface area contributed by atoms with Gasteiger partial charge in [-0.25, -0.2) is 0 Å². The average Bonchev–Trinajstić information content (AvgIpc) is 1.86. The van der Waals surface area contributed by atoms with Crippen LogP contribution < -0.4 is 5.32 Å². The number of hydrogen-bond donors (Lipinski definition) is 2. The molecule has 1 aliphatic heterocycles. The Hall–Kier alpha value is -0.110. The Labute approximate surface area is 42.8 Å². The number of nitrogens with one attached hydrogen (secondary N) is 1. The third-order valence-electron chi connectivity index (χ3n) is 0.788. The van der Waals surface area contributed by atoms with Gasteiger partial charge in [0.1, 0.15) is 0 Å². The molecule has 0 saturated carbocycles. The van der Waals surface area contributed by atoms with Gasteiger partial charge in [0.2, 0.25) is 0 Å². The largest absolute Gasteiger partial charge is 0.380 e. The van der Waals surface area contributed by atoms with E-state index in [2.05, 4.69) is 24.0 Å². The minimum Gasteiger partial charge on any atom is -0.380 e. The van der Waals surface area contributed by atoms with E-state index in [1.807, 2.05) is 0 Å². The highest BCUT2D eigenvalue weighted by Gasteiger charge is 1.93. The predicted molar refractivity (Wildman–Crippen MR) is 29.7 cm³/mol. The summed E-state index contributed by atoms with van der Waals surface area (Å²) < 4.78 is 0. The van der Waals surface area contributed by atoms with Crippen molar-refractivity contribution in [2.75, 3.05) is 6.54 Å². The van der Waals surface area contributed by atoms with Crippen LogP contribution in [0.25, 0.3) is 0 Å². The van der Waals surface area contributed by atoms with Crippen molar-refractivity contribution < 1.29 is 0 Å². The molecule has 0 spiro atoms. The first-order valence-electron chi connectivity index (χ1n) is 2.02. The van der Waals surface area contributed by atoms with E-state index in [-0.39, 0.29) is 0 Å². The first kappa shape index (κ1) is 4.06. The van der Waals surface area contributed by atoms with E-state index in [1.165, 1.54) is 0 Å². The number of hydrogen-bond acceptors (Lipinski definition) is 2. The van der Waals surface area contributed by atoms with Crippen molar-refractivity contribution in [2.24, 2.45) is 0 Å². The summed E-state index contributed by atoms with van der Waals surface area (Å²) in [5.41, 5.74) is 0. The van der Waals surface area contributed by atoms with Crippen molar-refractivity contribution >= 4 is 12.6 Å². The Morgan fingerprint density at radius 2 is 2.67 bits per heavy atom. The maximum Gasteiger partial charge on any atom is 0.0610 e. The minimum atomic E-state index is 1.02. The van der Waals surface area contributed by atoms with Gasteiger partial charge in [-0.3, -0.25) is 0 Å². The molecule has 0 fully saturated rings. The molecule has 0 atom stereocenters. The van der Waals surface area contributed by atoms with Gasteiger partial charge >= 0.3 is 0 Å². The fourth-order valence-corrected chi connectivity index (χ4v) is 0.722. The van der Waals surface area contributed by atoms with Gasteiger partial charge in [0, 0.05) is 6.54 Å². The van der Waals surface area contributed by atoms with E-state index in [9.17, 15) is 0 Å². The van der Waals surface area contributed by atoms with Gasteiger partial charge in [-0.1, -0.05) is 6.08 Å². The molecule has 0 unspecified atom stereocenters. The lowest BCUT2D eigenvalue weighted by atomic mass is 10.5. The molecule has 1 heterocycles. The van der Waals surface area contributed by atoms with Crippen molar-refractivity contribution in [1.82, 2.24) is 5.32 Å². The standard InChI is InChI=1S/C4H7NS/c6-4-2-1-3-5-4/h2,5-6H,1,3H2. The molecule has 1 nitrogen and oxygen atoms in total. The summed E-state index contributed by atoms with van der Waals surface area (Å²) >= 11 is 4.04. The van der Waals surface area contributed by atoms with Gasteiger partial charge in [-0.15, -0.1) is 12.6 Å². The lowest BCUT2D eigenvalue weighted by Gasteiger charge is -1.87. The lowest BCUT2D eigenvalue weighted by molar-refractivity contribution is 0.909. The summed E-state index contributed by atoms with van der Waals surface area (Å²) in [5, 5.41) is 4.07. The molecule has 6 heavy (non-hydrogen) atoms. The van der Waals surface area contributed by atoms with Crippen LogP contribution in [-0.4, -0.2) is 6.54 Å². The van der Waals surface area contributed by atoms with Crippen LogP contribution >= 0.6 is 12.6 Å². The van der Waals surface area contributed by atoms with Crippen molar-refractivity contribution in [2.45, 2.75) is 6.42 Å². The average molecular weight is 101 g/mol. The highest BCUT2D eigenvalue weighted by molar-refractivity contribution is 7.84. The van der Waals surface area contributed by atoms with Gasteiger partial charge in [0.25, 0.3) is 0 Å². The van der Waals surface area contributed by atoms with Crippen LogP contribution in [0.5, 0.6) is 0 Å². The van der Waals surface area contributed by atoms with Gasteiger partial charge < -0.3 is 5.32 Å². The molecular weight excluding hydrogens is 94.1 g/mol. The molecule has 0 aliphatic carbocycles. The number of rotatable bonds is 0. The maximum absolute atomic E-state index is 4.04. The molecule has 1 aliphatic rings. The Morgan fingerprint density at radius 1 is 1.83 bits per heavy atom. The molecule has 34 valence electrons. The van der Waals surface area contributed by atoms with Crippen LogP contribution in [0.4, 0.5) is 0 Å². The molecule has 0 amide bonds. The Kier molecular flexibility index (Phi) is 1.05. The molecule has 0 saturated heterocycles. The van der Waals surface area contributed by atoms with Crippen LogP contribution in [0, 0.1) is 0 Å². The fourth-order valence-electron chi connectivity index (χ4n) is 0.481. The fraction of sp³-hybridized carbons (Fsp3) is 0.500. The first-order chi connectivity index (χ1) is 2.89. The van der Waals surface area contributed by atoms with E-state index in [1.54, 1.807) is 0 Å². The smallest absolute Gasteiger partial charge is 0.0610 e. The summed E-state index contributed by atoms with van der Waals surface area (Å²) in [6.45, 7) is 1.07. The molecule has 0 radical (unpaired) electrons. The molecule has 1 rings (SSSR count). The molecule has 0 aromatic heterocycles. The van der Waals surface area contributed by atoms with Crippen LogP contribution in [0.2, 0.25) is 0 Å². The zero-order chi connectivity index (χ0) is 4.41. The van der Waals surface area contributed by atoms with Gasteiger partial charge in [0.15, 0.2) is 0 Å². The molecular formula is C4H7NS. The summed E-state index contributed by atoms with van der Waals surface area (Å²) in [7, 11) is 0. The maximum atomic E-state index is 4.04. The summed E-state index contributed by atoms with van der Waals surface area (Å²) in [6, 6.07) is 0. The normalized spacial score (nSPS) is 19.8. The van der Waals surface area contributed by atoms with E-state index in [4.69, 9.17) is 0 Å². The highest BCUT2D eigenvalue weighted by Crippen LogP contribution is 2.02. The van der Waals surface area contributed by atoms with E-state index >= 15 is 0 Å². The Morgan fingerprint density at radius 3 is 2.83 bits per heavy atom.